The number of carbonyl (C=O) groups excluding carboxylic acids is 2. The number of nitrogens with zero attached hydrogens (tertiary/aromatic N) is 3. The number of allylic oxidation sites excluding steroid dienone is 1. The third-order valence-electron chi connectivity index (χ3n) is 5.63. The van der Waals surface area contributed by atoms with Crippen LogP contribution in [-0.4, -0.2) is 66.9 Å². The zero-order chi connectivity index (χ0) is 22.7. The van der Waals surface area contributed by atoms with Crippen molar-refractivity contribution >= 4 is 28.8 Å². The molecule has 3 aliphatic heterocycles. The number of carbonyl (C=O) groups is 2. The molecule has 4 rings (SSSR count). The van der Waals surface area contributed by atoms with Crippen LogP contribution in [0.4, 0.5) is 0 Å². The SMILES string of the molecule is CCOC(=O)C1=C(C)N=C2SC=C(CC(=O)N3CCOCC3)N2[C@H]1c1ccccc1OC. The normalized spacial score (nSPS) is 20.5. The predicted octanol–water partition coefficient (Wildman–Crippen LogP) is 3.08. The van der Waals surface area contributed by atoms with Gasteiger partial charge in [-0.2, -0.15) is 0 Å². The van der Waals surface area contributed by atoms with Gasteiger partial charge in [-0.15, -0.1) is 0 Å². The molecular weight excluding hydrogens is 430 g/mol. The molecule has 0 saturated carbocycles. The van der Waals surface area contributed by atoms with E-state index >= 15 is 0 Å². The number of esters is 1. The molecule has 0 N–H and O–H groups in total. The molecule has 0 spiro atoms. The molecule has 1 aromatic carbocycles. The molecule has 3 aliphatic rings. The molecule has 0 bridgehead atoms. The molecule has 1 amide bonds. The second kappa shape index (κ2) is 9.79. The van der Waals surface area contributed by atoms with Crippen LogP contribution >= 0.6 is 11.8 Å². The van der Waals surface area contributed by atoms with E-state index in [-0.39, 0.29) is 18.9 Å². The van der Waals surface area contributed by atoms with Crippen LogP contribution in [0.25, 0.3) is 0 Å². The summed E-state index contributed by atoms with van der Waals surface area (Å²) in [5, 5.41) is 2.68. The Labute approximate surface area is 191 Å². The Morgan fingerprint density at radius 2 is 2.00 bits per heavy atom. The van der Waals surface area contributed by atoms with Gasteiger partial charge in [-0.05, 0) is 25.3 Å². The van der Waals surface area contributed by atoms with Crippen LogP contribution in [0.15, 0.2) is 51.6 Å². The van der Waals surface area contributed by atoms with E-state index in [9.17, 15) is 9.59 Å². The molecule has 9 heteroatoms. The number of rotatable bonds is 6. The van der Waals surface area contributed by atoms with Gasteiger partial charge in [0.25, 0.3) is 0 Å². The fourth-order valence-electron chi connectivity index (χ4n) is 4.11. The Morgan fingerprint density at radius 3 is 2.72 bits per heavy atom. The van der Waals surface area contributed by atoms with E-state index in [1.807, 2.05) is 46.4 Å². The van der Waals surface area contributed by atoms with Gasteiger partial charge in [0.2, 0.25) is 5.91 Å². The molecule has 0 aromatic heterocycles. The zero-order valence-corrected chi connectivity index (χ0v) is 19.3. The molecule has 1 saturated heterocycles. The van der Waals surface area contributed by atoms with Gasteiger partial charge in [-0.1, -0.05) is 30.0 Å². The fraction of sp³-hybridized carbons (Fsp3) is 0.435. The van der Waals surface area contributed by atoms with E-state index in [0.717, 1.165) is 16.4 Å². The summed E-state index contributed by atoms with van der Waals surface area (Å²) in [6.07, 6.45) is 0.215. The van der Waals surface area contributed by atoms with Crippen LogP contribution < -0.4 is 4.74 Å². The predicted molar refractivity (Wildman–Crippen MR) is 122 cm³/mol. The lowest BCUT2D eigenvalue weighted by atomic mass is 9.93. The molecule has 1 fully saturated rings. The van der Waals surface area contributed by atoms with Gasteiger partial charge in [0, 0.05) is 24.4 Å². The third-order valence-corrected chi connectivity index (χ3v) is 6.51. The quantitative estimate of drug-likeness (QED) is 0.607. The smallest absolute Gasteiger partial charge is 0.338 e. The summed E-state index contributed by atoms with van der Waals surface area (Å²) in [6.45, 7) is 6.13. The highest BCUT2D eigenvalue weighted by Crippen LogP contribution is 2.47. The minimum atomic E-state index is -0.503. The van der Waals surface area contributed by atoms with E-state index in [1.54, 1.807) is 14.0 Å². The number of methoxy groups -OCH3 is 1. The van der Waals surface area contributed by atoms with Crippen molar-refractivity contribution in [1.29, 1.82) is 0 Å². The maximum atomic E-state index is 13.0. The van der Waals surface area contributed by atoms with Crippen molar-refractivity contribution in [3.8, 4) is 5.75 Å². The topological polar surface area (TPSA) is 80.7 Å². The van der Waals surface area contributed by atoms with E-state index in [4.69, 9.17) is 14.2 Å². The highest BCUT2D eigenvalue weighted by atomic mass is 32.2. The summed E-state index contributed by atoms with van der Waals surface area (Å²) in [7, 11) is 1.61. The van der Waals surface area contributed by atoms with Crippen LogP contribution in [0.1, 0.15) is 31.9 Å². The van der Waals surface area contributed by atoms with Gasteiger partial charge in [0.05, 0.1) is 50.7 Å². The van der Waals surface area contributed by atoms with Crippen molar-refractivity contribution in [3.05, 3.63) is 52.2 Å². The number of amidine groups is 1. The summed E-state index contributed by atoms with van der Waals surface area (Å²) < 4.78 is 16.4. The maximum absolute atomic E-state index is 13.0. The first-order valence-electron chi connectivity index (χ1n) is 10.6. The van der Waals surface area contributed by atoms with Crippen molar-refractivity contribution in [2.75, 3.05) is 40.0 Å². The van der Waals surface area contributed by atoms with Gasteiger partial charge >= 0.3 is 5.97 Å². The number of hydrogen-bond acceptors (Lipinski definition) is 8. The number of fused-ring (bicyclic) bond motifs is 1. The number of benzene rings is 1. The van der Waals surface area contributed by atoms with Crippen molar-refractivity contribution < 1.29 is 23.8 Å². The molecule has 0 radical (unpaired) electrons. The Kier molecular flexibility index (Phi) is 6.86. The van der Waals surface area contributed by atoms with Gasteiger partial charge in [-0.25, -0.2) is 9.79 Å². The summed E-state index contributed by atoms with van der Waals surface area (Å²) in [5.74, 6) is 0.271. The van der Waals surface area contributed by atoms with E-state index in [1.165, 1.54) is 11.8 Å². The summed E-state index contributed by atoms with van der Waals surface area (Å²) in [4.78, 5) is 34.5. The van der Waals surface area contributed by atoms with Gasteiger partial charge in [0.15, 0.2) is 5.17 Å². The van der Waals surface area contributed by atoms with Gasteiger partial charge < -0.3 is 24.0 Å². The second-order valence-corrected chi connectivity index (χ2v) is 8.36. The molecule has 0 aliphatic carbocycles. The highest BCUT2D eigenvalue weighted by Gasteiger charge is 2.42. The van der Waals surface area contributed by atoms with Crippen LogP contribution in [0.5, 0.6) is 5.75 Å². The number of para-hydroxylation sites is 1. The second-order valence-electron chi connectivity index (χ2n) is 7.53. The third kappa shape index (κ3) is 4.27. The molecule has 0 unspecified atom stereocenters. The van der Waals surface area contributed by atoms with E-state index < -0.39 is 12.0 Å². The number of morpholine rings is 1. The summed E-state index contributed by atoms with van der Waals surface area (Å²) in [6, 6.07) is 7.09. The monoisotopic (exact) mass is 457 g/mol. The zero-order valence-electron chi connectivity index (χ0n) is 18.5. The Bertz CT molecular complexity index is 997. The lowest BCUT2D eigenvalue weighted by molar-refractivity contribution is -0.139. The molecule has 3 heterocycles. The Morgan fingerprint density at radius 1 is 1.25 bits per heavy atom. The molecule has 32 heavy (non-hydrogen) atoms. The summed E-state index contributed by atoms with van der Waals surface area (Å²) in [5.41, 5.74) is 2.67. The first-order chi connectivity index (χ1) is 15.5. The van der Waals surface area contributed by atoms with Gasteiger partial charge in [-0.3, -0.25) is 4.79 Å². The Balaban J connectivity index is 1.73. The van der Waals surface area contributed by atoms with Crippen LogP contribution in [-0.2, 0) is 19.1 Å². The largest absolute Gasteiger partial charge is 0.496 e. The average Bonchev–Trinajstić information content (AvgIpc) is 3.20. The van der Waals surface area contributed by atoms with E-state index in [2.05, 4.69) is 4.99 Å². The maximum Gasteiger partial charge on any atom is 0.338 e. The number of thioether (sulfide) groups is 1. The number of ether oxygens (including phenoxy) is 3. The van der Waals surface area contributed by atoms with Crippen molar-refractivity contribution in [2.45, 2.75) is 26.3 Å². The number of aliphatic imine (C=N–C) groups is 1. The minimum absolute atomic E-state index is 0.0316. The van der Waals surface area contributed by atoms with Crippen LogP contribution in [0, 0.1) is 0 Å². The number of hydrogen-bond donors (Lipinski definition) is 0. The number of amides is 1. The molecular formula is C23H27N3O5S. The van der Waals surface area contributed by atoms with Crippen LogP contribution in [0.2, 0.25) is 0 Å². The van der Waals surface area contributed by atoms with E-state index in [0.29, 0.717) is 43.3 Å². The standard InChI is InChI=1S/C23H27N3O5S/c1-4-31-22(28)20-15(2)24-23-26(21(20)17-7-5-6-8-18(17)29-3)16(14-32-23)13-19(27)25-9-11-30-12-10-25/h5-8,14,21H,4,9-13H2,1-3H3/t21-/m0/s1. The molecule has 170 valence electrons. The van der Waals surface area contributed by atoms with Gasteiger partial charge in [0.1, 0.15) is 5.75 Å². The minimum Gasteiger partial charge on any atom is -0.496 e. The van der Waals surface area contributed by atoms with Crippen LogP contribution in [0.3, 0.4) is 0 Å². The fourth-order valence-corrected chi connectivity index (χ4v) is 5.07. The summed E-state index contributed by atoms with van der Waals surface area (Å²) >= 11 is 1.46. The highest BCUT2D eigenvalue weighted by molar-refractivity contribution is 8.16. The first kappa shape index (κ1) is 22.4. The average molecular weight is 458 g/mol. The van der Waals surface area contributed by atoms with Crippen molar-refractivity contribution in [2.24, 2.45) is 4.99 Å². The molecule has 1 aromatic rings. The lowest BCUT2D eigenvalue weighted by Crippen LogP contribution is -2.42. The molecule has 8 nitrogen and oxygen atoms in total. The first-order valence-corrected chi connectivity index (χ1v) is 11.5. The lowest BCUT2D eigenvalue weighted by Gasteiger charge is -2.37. The molecule has 1 atom stereocenters. The Hall–Kier alpha value is -2.78. The van der Waals surface area contributed by atoms with Crippen molar-refractivity contribution in [1.82, 2.24) is 9.80 Å². The van der Waals surface area contributed by atoms with Crippen molar-refractivity contribution in [3.63, 3.8) is 0 Å².